The summed E-state index contributed by atoms with van der Waals surface area (Å²) in [6.07, 6.45) is 10.7. The smallest absolute Gasteiger partial charge is 0.227 e. The summed E-state index contributed by atoms with van der Waals surface area (Å²) in [7, 11) is 0. The van der Waals surface area contributed by atoms with E-state index in [1.165, 1.54) is 12.8 Å². The topological polar surface area (TPSA) is 106 Å². The molecule has 2 aliphatic rings. The van der Waals surface area contributed by atoms with Crippen molar-refractivity contribution in [1.82, 2.24) is 19.5 Å². The monoisotopic (exact) mass is 474 g/mol. The van der Waals surface area contributed by atoms with Gasteiger partial charge in [-0.3, -0.25) is 10.9 Å². The van der Waals surface area contributed by atoms with Gasteiger partial charge >= 0.3 is 0 Å². The molecule has 170 valence electrons. The molecule has 5 N–H and O–H groups in total. The Labute approximate surface area is 197 Å². The van der Waals surface area contributed by atoms with Crippen molar-refractivity contribution in [2.24, 2.45) is 5.73 Å². The molecule has 1 aromatic carbocycles. The van der Waals surface area contributed by atoms with Crippen LogP contribution in [0.4, 0.5) is 17.5 Å². The van der Waals surface area contributed by atoms with E-state index in [0.29, 0.717) is 51.1 Å². The van der Waals surface area contributed by atoms with Crippen LogP contribution in [0.2, 0.25) is 10.0 Å². The number of benzene rings is 1. The predicted molar refractivity (Wildman–Crippen MR) is 130 cm³/mol. The van der Waals surface area contributed by atoms with Gasteiger partial charge in [-0.25, -0.2) is 4.98 Å². The highest BCUT2D eigenvalue weighted by molar-refractivity contribution is 6.39. The SMILES string of the molecule is N[C@H]1CC[C@H](Nc2nc(NNc3c(Cl)cccc3Cl)c3ncn(C4CCCC4)c3n2)CC1. The maximum atomic E-state index is 6.31. The molecule has 0 bridgehead atoms. The molecule has 2 aliphatic carbocycles. The number of para-hydroxylation sites is 1. The average Bonchev–Trinajstić information content (AvgIpc) is 3.45. The van der Waals surface area contributed by atoms with Gasteiger partial charge in [0.2, 0.25) is 5.95 Å². The van der Waals surface area contributed by atoms with Gasteiger partial charge in [0, 0.05) is 18.1 Å². The van der Waals surface area contributed by atoms with E-state index in [4.69, 9.17) is 38.9 Å². The lowest BCUT2D eigenvalue weighted by Gasteiger charge is -2.27. The number of nitrogens with one attached hydrogen (secondary N) is 3. The van der Waals surface area contributed by atoms with Gasteiger partial charge in [-0.1, -0.05) is 42.1 Å². The van der Waals surface area contributed by atoms with Crippen LogP contribution >= 0.6 is 23.2 Å². The number of hydrazine groups is 1. The maximum Gasteiger partial charge on any atom is 0.227 e. The molecule has 8 nitrogen and oxygen atoms in total. The summed E-state index contributed by atoms with van der Waals surface area (Å²) < 4.78 is 2.19. The fourth-order valence-corrected chi connectivity index (χ4v) is 5.19. The Bertz CT molecular complexity index is 1070. The Hall–Kier alpha value is -2.29. The zero-order valence-corrected chi connectivity index (χ0v) is 19.3. The van der Waals surface area contributed by atoms with Crippen molar-refractivity contribution < 1.29 is 0 Å². The van der Waals surface area contributed by atoms with Crippen LogP contribution in [-0.4, -0.2) is 31.6 Å². The van der Waals surface area contributed by atoms with Gasteiger partial charge in [-0.2, -0.15) is 9.97 Å². The van der Waals surface area contributed by atoms with Crippen LogP contribution < -0.4 is 21.9 Å². The molecule has 0 unspecified atom stereocenters. The molecule has 5 rings (SSSR count). The summed E-state index contributed by atoms with van der Waals surface area (Å²) in [4.78, 5) is 14.3. The lowest BCUT2D eigenvalue weighted by Crippen LogP contribution is -2.33. The number of imidazole rings is 1. The van der Waals surface area contributed by atoms with Crippen LogP contribution in [0.25, 0.3) is 11.2 Å². The second kappa shape index (κ2) is 9.29. The third kappa shape index (κ3) is 4.44. The maximum absolute atomic E-state index is 6.31. The zero-order valence-electron chi connectivity index (χ0n) is 17.8. The van der Waals surface area contributed by atoms with Gasteiger partial charge < -0.3 is 15.6 Å². The minimum absolute atomic E-state index is 0.294. The minimum Gasteiger partial charge on any atom is -0.351 e. The molecule has 32 heavy (non-hydrogen) atoms. The predicted octanol–water partition coefficient (Wildman–Crippen LogP) is 5.37. The molecule has 0 radical (unpaired) electrons. The molecule has 0 amide bonds. The molecule has 2 heterocycles. The summed E-state index contributed by atoms with van der Waals surface area (Å²) in [5, 5.41) is 4.56. The largest absolute Gasteiger partial charge is 0.351 e. The molecule has 0 atom stereocenters. The molecule has 2 aromatic heterocycles. The van der Waals surface area contributed by atoms with Crippen molar-refractivity contribution in [3.8, 4) is 0 Å². The highest BCUT2D eigenvalue weighted by Crippen LogP contribution is 2.34. The molecule has 0 saturated heterocycles. The third-order valence-electron chi connectivity index (χ3n) is 6.51. The number of rotatable bonds is 6. The average molecular weight is 475 g/mol. The lowest BCUT2D eigenvalue weighted by molar-refractivity contribution is 0.410. The second-order valence-electron chi connectivity index (χ2n) is 8.76. The summed E-state index contributed by atoms with van der Waals surface area (Å²) in [5.41, 5.74) is 14.5. The summed E-state index contributed by atoms with van der Waals surface area (Å²) in [6.45, 7) is 0. The Kier molecular flexibility index (Phi) is 6.26. The highest BCUT2D eigenvalue weighted by atomic mass is 35.5. The van der Waals surface area contributed by atoms with Gasteiger partial charge in [0.05, 0.1) is 22.1 Å². The van der Waals surface area contributed by atoms with Crippen LogP contribution in [0.5, 0.6) is 0 Å². The highest BCUT2D eigenvalue weighted by Gasteiger charge is 2.24. The Morgan fingerprint density at radius 1 is 0.938 bits per heavy atom. The van der Waals surface area contributed by atoms with E-state index >= 15 is 0 Å². The van der Waals surface area contributed by atoms with Gasteiger partial charge in [0.15, 0.2) is 17.0 Å². The van der Waals surface area contributed by atoms with Crippen LogP contribution in [0.3, 0.4) is 0 Å². The number of hydrogen-bond donors (Lipinski definition) is 4. The van der Waals surface area contributed by atoms with Crippen molar-refractivity contribution in [3.63, 3.8) is 0 Å². The van der Waals surface area contributed by atoms with E-state index in [1.54, 1.807) is 18.2 Å². The number of nitrogens with two attached hydrogens (primary N) is 1. The first kappa shape index (κ1) is 21.6. The standard InChI is InChI=1S/C22H28Cl2N8/c23-16-6-3-7-17(24)18(16)30-31-20-19-21(32(12-26-19)15-4-1-2-5-15)29-22(28-20)27-14-10-8-13(25)9-11-14/h3,6-7,12-15,30H,1-2,4-5,8-11,25H2,(H2,27,28,29,31)/t13-,14-. The molecule has 0 spiro atoms. The van der Waals surface area contributed by atoms with Crippen LogP contribution in [0.1, 0.15) is 57.4 Å². The van der Waals surface area contributed by atoms with Crippen molar-refractivity contribution in [1.29, 1.82) is 0 Å². The molecular formula is C22H28Cl2N8. The Morgan fingerprint density at radius 3 is 2.38 bits per heavy atom. The van der Waals surface area contributed by atoms with Crippen molar-refractivity contribution >= 4 is 51.8 Å². The molecule has 0 aliphatic heterocycles. The minimum atomic E-state index is 0.294. The number of aromatic nitrogens is 4. The molecule has 2 fully saturated rings. The quantitative estimate of drug-likeness (QED) is 0.355. The molecular weight excluding hydrogens is 447 g/mol. The zero-order chi connectivity index (χ0) is 22.1. The van der Waals surface area contributed by atoms with Crippen LogP contribution in [-0.2, 0) is 0 Å². The van der Waals surface area contributed by atoms with E-state index < -0.39 is 0 Å². The van der Waals surface area contributed by atoms with Crippen molar-refractivity contribution in [2.75, 3.05) is 16.2 Å². The fraction of sp³-hybridized carbons (Fsp3) is 0.500. The number of hydrogen-bond acceptors (Lipinski definition) is 7. The number of nitrogens with zero attached hydrogens (tertiary/aromatic N) is 4. The van der Waals surface area contributed by atoms with Crippen LogP contribution in [0, 0.1) is 0 Å². The van der Waals surface area contributed by atoms with Crippen molar-refractivity contribution in [2.45, 2.75) is 69.5 Å². The molecule has 10 heteroatoms. The first-order valence-corrected chi connectivity index (χ1v) is 12.1. The first-order chi connectivity index (χ1) is 15.6. The lowest BCUT2D eigenvalue weighted by atomic mass is 9.92. The normalized spacial score (nSPS) is 21.7. The summed E-state index contributed by atoms with van der Waals surface area (Å²) >= 11 is 12.6. The summed E-state index contributed by atoms with van der Waals surface area (Å²) in [5.74, 6) is 1.17. The number of halogens is 2. The number of fused-ring (bicyclic) bond motifs is 1. The van der Waals surface area contributed by atoms with Gasteiger partial charge in [0.25, 0.3) is 0 Å². The van der Waals surface area contributed by atoms with E-state index in [1.807, 2.05) is 6.33 Å². The molecule has 3 aromatic rings. The van der Waals surface area contributed by atoms with E-state index in [-0.39, 0.29) is 0 Å². The molecule has 2 saturated carbocycles. The van der Waals surface area contributed by atoms with Gasteiger partial charge in [-0.05, 0) is 50.7 Å². The van der Waals surface area contributed by atoms with E-state index in [2.05, 4.69) is 25.7 Å². The van der Waals surface area contributed by atoms with Crippen molar-refractivity contribution in [3.05, 3.63) is 34.6 Å². The van der Waals surface area contributed by atoms with Gasteiger partial charge in [-0.15, -0.1) is 0 Å². The number of anilines is 3. The summed E-state index contributed by atoms with van der Waals surface area (Å²) in [6, 6.07) is 6.40. The Morgan fingerprint density at radius 2 is 1.66 bits per heavy atom. The third-order valence-corrected chi connectivity index (χ3v) is 7.14. The fourth-order valence-electron chi connectivity index (χ4n) is 4.70. The van der Waals surface area contributed by atoms with E-state index in [0.717, 1.165) is 44.2 Å². The second-order valence-corrected chi connectivity index (χ2v) is 9.58. The van der Waals surface area contributed by atoms with Gasteiger partial charge in [0.1, 0.15) is 0 Å². The van der Waals surface area contributed by atoms with E-state index in [9.17, 15) is 0 Å². The van der Waals surface area contributed by atoms with Crippen LogP contribution in [0.15, 0.2) is 24.5 Å². The first-order valence-electron chi connectivity index (χ1n) is 11.3. The Balaban J connectivity index is 1.47.